The largest absolute Gasteiger partial charge is 0.505 e. The predicted octanol–water partition coefficient (Wildman–Crippen LogP) is 1.32. The van der Waals surface area contributed by atoms with Gasteiger partial charge in [-0.3, -0.25) is 0 Å². The Kier molecular flexibility index (Phi) is 1.23. The second-order valence-electron chi connectivity index (χ2n) is 1.18. The molecular weight excluding hydrogens is 205 g/mol. The zero-order valence-corrected chi connectivity index (χ0v) is 5.64. The van der Waals surface area contributed by atoms with Gasteiger partial charge in [0.2, 0.25) is 0 Å². The van der Waals surface area contributed by atoms with Gasteiger partial charge in [0, 0.05) is 6.20 Å². The first-order chi connectivity index (χ1) is 3.30. The number of aromatic amines is 1. The van der Waals surface area contributed by atoms with E-state index in [4.69, 9.17) is 5.11 Å². The number of rotatable bonds is 0. The van der Waals surface area contributed by atoms with E-state index >= 15 is 0 Å². The lowest BCUT2D eigenvalue weighted by molar-refractivity contribution is 0.472. The first-order valence-corrected chi connectivity index (χ1v) is 2.90. The lowest BCUT2D eigenvalue weighted by Crippen LogP contribution is -1.62. The summed E-state index contributed by atoms with van der Waals surface area (Å²) in [7, 11) is 0. The van der Waals surface area contributed by atoms with Crippen molar-refractivity contribution in [2.24, 2.45) is 0 Å². The fourth-order valence-electron chi connectivity index (χ4n) is 0.341. The van der Waals surface area contributed by atoms with E-state index in [1.807, 2.05) is 22.6 Å². The van der Waals surface area contributed by atoms with Crippen molar-refractivity contribution in [3.8, 4) is 5.75 Å². The summed E-state index contributed by atoms with van der Waals surface area (Å²) in [5, 5.41) is 8.72. The van der Waals surface area contributed by atoms with E-state index in [0.717, 1.165) is 3.70 Å². The molecule has 0 saturated carbocycles. The fraction of sp³-hybridized carbons (Fsp3) is 0. The number of H-pyrrole nitrogens is 1. The molecule has 0 radical (unpaired) electrons. The van der Waals surface area contributed by atoms with E-state index in [0.29, 0.717) is 5.75 Å². The van der Waals surface area contributed by atoms with Crippen molar-refractivity contribution in [2.45, 2.75) is 0 Å². The smallest absolute Gasteiger partial charge is 0.146 e. The van der Waals surface area contributed by atoms with E-state index in [1.54, 1.807) is 12.3 Å². The first kappa shape index (κ1) is 4.96. The Morgan fingerprint density at radius 1 is 1.71 bits per heavy atom. The highest BCUT2D eigenvalue weighted by atomic mass is 127. The lowest BCUT2D eigenvalue weighted by Gasteiger charge is -1.78. The minimum absolute atomic E-state index is 0.320. The summed E-state index contributed by atoms with van der Waals surface area (Å²) in [5.41, 5.74) is 0. The Morgan fingerprint density at radius 3 is 2.57 bits per heavy atom. The van der Waals surface area contributed by atoms with Crippen LogP contribution in [0.5, 0.6) is 5.75 Å². The SMILES string of the molecule is Oc1cc[nH]c1I. The molecule has 0 bridgehead atoms. The summed E-state index contributed by atoms with van der Waals surface area (Å²) in [6.07, 6.45) is 1.69. The maximum Gasteiger partial charge on any atom is 0.146 e. The van der Waals surface area contributed by atoms with E-state index in [9.17, 15) is 0 Å². The summed E-state index contributed by atoms with van der Waals surface area (Å²) in [6, 6.07) is 1.61. The zero-order valence-electron chi connectivity index (χ0n) is 3.48. The Morgan fingerprint density at radius 2 is 2.43 bits per heavy atom. The molecule has 0 aliphatic carbocycles. The van der Waals surface area contributed by atoms with Crippen LogP contribution in [0.25, 0.3) is 0 Å². The van der Waals surface area contributed by atoms with Crippen LogP contribution < -0.4 is 0 Å². The molecule has 0 unspecified atom stereocenters. The molecule has 2 nitrogen and oxygen atoms in total. The second-order valence-corrected chi connectivity index (χ2v) is 2.26. The molecule has 1 aromatic rings. The second kappa shape index (κ2) is 1.73. The summed E-state index contributed by atoms with van der Waals surface area (Å²) in [5.74, 6) is 0.320. The van der Waals surface area contributed by atoms with Crippen LogP contribution in [-0.2, 0) is 0 Å². The average molecular weight is 209 g/mol. The molecule has 1 heterocycles. The Hall–Kier alpha value is -0.190. The average Bonchev–Trinajstić information content (AvgIpc) is 1.91. The van der Waals surface area contributed by atoms with Gasteiger partial charge < -0.3 is 10.1 Å². The molecule has 0 atom stereocenters. The van der Waals surface area contributed by atoms with E-state index in [2.05, 4.69) is 4.98 Å². The maximum absolute atomic E-state index is 8.72. The van der Waals surface area contributed by atoms with Crippen LogP contribution in [0.4, 0.5) is 0 Å². The van der Waals surface area contributed by atoms with Crippen LogP contribution >= 0.6 is 22.6 Å². The van der Waals surface area contributed by atoms with Gasteiger partial charge in [0.25, 0.3) is 0 Å². The molecule has 0 aliphatic heterocycles. The molecule has 0 spiro atoms. The quantitative estimate of drug-likeness (QED) is 0.621. The molecule has 0 saturated heterocycles. The van der Waals surface area contributed by atoms with Gasteiger partial charge in [-0.2, -0.15) is 0 Å². The van der Waals surface area contributed by atoms with Gasteiger partial charge >= 0.3 is 0 Å². The minimum Gasteiger partial charge on any atom is -0.505 e. The van der Waals surface area contributed by atoms with Crippen molar-refractivity contribution in [2.75, 3.05) is 0 Å². The van der Waals surface area contributed by atoms with Gasteiger partial charge in [0.1, 0.15) is 9.45 Å². The van der Waals surface area contributed by atoms with E-state index < -0.39 is 0 Å². The van der Waals surface area contributed by atoms with Gasteiger partial charge in [-0.1, -0.05) is 0 Å². The summed E-state index contributed by atoms with van der Waals surface area (Å²) in [4.78, 5) is 2.80. The van der Waals surface area contributed by atoms with Crippen molar-refractivity contribution >= 4 is 22.6 Å². The Bertz CT molecular complexity index is 144. The monoisotopic (exact) mass is 209 g/mol. The van der Waals surface area contributed by atoms with Gasteiger partial charge in [-0.05, 0) is 28.7 Å². The van der Waals surface area contributed by atoms with E-state index in [1.165, 1.54) is 0 Å². The van der Waals surface area contributed by atoms with Crippen molar-refractivity contribution in [3.63, 3.8) is 0 Å². The van der Waals surface area contributed by atoms with Crippen LogP contribution in [0.2, 0.25) is 0 Å². The topological polar surface area (TPSA) is 36.0 Å². The Labute approximate surface area is 54.7 Å². The molecular formula is C4H4INO. The van der Waals surface area contributed by atoms with Crippen LogP contribution in [-0.4, -0.2) is 10.1 Å². The normalized spacial score (nSPS) is 9.29. The van der Waals surface area contributed by atoms with Gasteiger partial charge in [-0.25, -0.2) is 0 Å². The molecule has 0 aliphatic rings. The third-order valence-corrected chi connectivity index (χ3v) is 1.54. The molecule has 38 valence electrons. The van der Waals surface area contributed by atoms with Crippen LogP contribution in [0.15, 0.2) is 12.3 Å². The van der Waals surface area contributed by atoms with Crippen LogP contribution in [0, 0.1) is 3.70 Å². The van der Waals surface area contributed by atoms with Gasteiger partial charge in [0.05, 0.1) is 0 Å². The van der Waals surface area contributed by atoms with Crippen molar-refractivity contribution in [1.82, 2.24) is 4.98 Å². The number of hydrogen-bond donors (Lipinski definition) is 2. The van der Waals surface area contributed by atoms with Crippen molar-refractivity contribution < 1.29 is 5.11 Å². The molecule has 0 fully saturated rings. The highest BCUT2D eigenvalue weighted by molar-refractivity contribution is 14.1. The van der Waals surface area contributed by atoms with Gasteiger partial charge in [0.15, 0.2) is 0 Å². The zero-order chi connectivity index (χ0) is 5.28. The maximum atomic E-state index is 8.72. The predicted molar refractivity (Wildman–Crippen MR) is 35.2 cm³/mol. The summed E-state index contributed by atoms with van der Waals surface area (Å²) >= 11 is 2.01. The molecule has 7 heavy (non-hydrogen) atoms. The third-order valence-electron chi connectivity index (χ3n) is 0.676. The number of halogens is 1. The molecule has 1 rings (SSSR count). The van der Waals surface area contributed by atoms with Crippen LogP contribution in [0.3, 0.4) is 0 Å². The summed E-state index contributed by atoms with van der Waals surface area (Å²) in [6.45, 7) is 0. The molecule has 3 heteroatoms. The van der Waals surface area contributed by atoms with Crippen molar-refractivity contribution in [1.29, 1.82) is 0 Å². The van der Waals surface area contributed by atoms with Gasteiger partial charge in [-0.15, -0.1) is 0 Å². The number of aromatic nitrogens is 1. The number of hydrogen-bond acceptors (Lipinski definition) is 1. The minimum atomic E-state index is 0.320. The number of nitrogens with one attached hydrogen (secondary N) is 1. The lowest BCUT2D eigenvalue weighted by atomic mass is 10.6. The Balaban J connectivity index is 3.12. The number of aromatic hydroxyl groups is 1. The molecule has 0 amide bonds. The first-order valence-electron chi connectivity index (χ1n) is 1.82. The fourth-order valence-corrected chi connectivity index (χ4v) is 0.700. The van der Waals surface area contributed by atoms with Crippen molar-refractivity contribution in [3.05, 3.63) is 16.0 Å². The highest BCUT2D eigenvalue weighted by Gasteiger charge is 1.91. The standard InChI is InChI=1S/C4H4INO/c5-4-3(7)1-2-6-4/h1-2,6-7H. The van der Waals surface area contributed by atoms with Crippen LogP contribution in [0.1, 0.15) is 0 Å². The third kappa shape index (κ3) is 0.876. The summed E-state index contributed by atoms with van der Waals surface area (Å²) < 4.78 is 0.789. The highest BCUT2D eigenvalue weighted by Crippen LogP contribution is 2.14. The molecule has 0 aromatic carbocycles. The molecule has 2 N–H and O–H groups in total. The van der Waals surface area contributed by atoms with E-state index in [-0.39, 0.29) is 0 Å². The molecule has 1 aromatic heterocycles.